The van der Waals surface area contributed by atoms with Crippen molar-refractivity contribution >= 4 is 11.9 Å². The van der Waals surface area contributed by atoms with Gasteiger partial charge in [0.2, 0.25) is 0 Å². The third-order valence-electron chi connectivity index (χ3n) is 2.69. The second-order valence-corrected chi connectivity index (χ2v) is 3.38. The number of rotatable bonds is 4. The molecule has 1 saturated carbocycles. The molecular weight excluding hydrogens is 174 g/mol. The van der Waals surface area contributed by atoms with Gasteiger partial charge in [0.1, 0.15) is 6.04 Å². The molecule has 5 nitrogen and oxygen atoms in total. The van der Waals surface area contributed by atoms with Crippen LogP contribution in [0.15, 0.2) is 0 Å². The number of carboxylic acid groups (broad SMARTS) is 2. The Bertz CT molecular complexity index is 240. The Hall–Kier alpha value is -1.10. The van der Waals surface area contributed by atoms with Crippen LogP contribution in [0.25, 0.3) is 0 Å². The zero-order valence-corrected chi connectivity index (χ0v) is 7.30. The molecule has 1 unspecified atom stereocenters. The van der Waals surface area contributed by atoms with E-state index in [1.54, 1.807) is 0 Å². The molecule has 5 heteroatoms. The van der Waals surface area contributed by atoms with Gasteiger partial charge in [-0.3, -0.25) is 9.59 Å². The van der Waals surface area contributed by atoms with Crippen LogP contribution in [0, 0.1) is 17.8 Å². The van der Waals surface area contributed by atoms with Crippen molar-refractivity contribution in [2.45, 2.75) is 19.4 Å². The number of carbonyl (C=O) groups is 2. The lowest BCUT2D eigenvalue weighted by atomic mass is 10.1. The van der Waals surface area contributed by atoms with E-state index in [9.17, 15) is 9.59 Å². The molecule has 0 radical (unpaired) electrons. The van der Waals surface area contributed by atoms with Gasteiger partial charge in [-0.2, -0.15) is 0 Å². The Morgan fingerprint density at radius 3 is 2.23 bits per heavy atom. The minimum Gasteiger partial charge on any atom is -0.481 e. The van der Waals surface area contributed by atoms with E-state index >= 15 is 0 Å². The standard InChI is InChI=1S/C8H13NO4/c1-2-3-4(5(3)7(10)11)6(9)8(12)13/h3-6H,2,9H2,1H3,(H,10,11)(H,12,13)/t3-,4-,5-,6?/m0/s1. The average molecular weight is 187 g/mol. The number of hydrogen-bond acceptors (Lipinski definition) is 3. The highest BCUT2D eigenvalue weighted by atomic mass is 16.4. The first-order valence-corrected chi connectivity index (χ1v) is 4.21. The van der Waals surface area contributed by atoms with Crippen molar-refractivity contribution in [3.63, 3.8) is 0 Å². The molecule has 0 saturated heterocycles. The van der Waals surface area contributed by atoms with Crippen molar-refractivity contribution in [2.75, 3.05) is 0 Å². The highest BCUT2D eigenvalue weighted by Crippen LogP contribution is 2.50. The highest BCUT2D eigenvalue weighted by Gasteiger charge is 2.58. The van der Waals surface area contributed by atoms with Crippen LogP contribution in [-0.2, 0) is 9.59 Å². The van der Waals surface area contributed by atoms with E-state index in [1.165, 1.54) is 0 Å². The van der Waals surface area contributed by atoms with Crippen LogP contribution in [0.2, 0.25) is 0 Å². The molecule has 4 atom stereocenters. The van der Waals surface area contributed by atoms with Crippen molar-refractivity contribution in [2.24, 2.45) is 23.5 Å². The van der Waals surface area contributed by atoms with Gasteiger partial charge in [-0.1, -0.05) is 13.3 Å². The van der Waals surface area contributed by atoms with Crippen LogP contribution in [0.5, 0.6) is 0 Å². The molecule has 4 N–H and O–H groups in total. The topological polar surface area (TPSA) is 101 Å². The smallest absolute Gasteiger partial charge is 0.320 e. The Labute approximate surface area is 75.5 Å². The van der Waals surface area contributed by atoms with Gasteiger partial charge in [-0.15, -0.1) is 0 Å². The Morgan fingerprint density at radius 2 is 2.00 bits per heavy atom. The summed E-state index contributed by atoms with van der Waals surface area (Å²) in [6.45, 7) is 1.84. The summed E-state index contributed by atoms with van der Waals surface area (Å²) in [5, 5.41) is 17.3. The van der Waals surface area contributed by atoms with Gasteiger partial charge in [-0.25, -0.2) is 0 Å². The fourth-order valence-corrected chi connectivity index (χ4v) is 1.93. The van der Waals surface area contributed by atoms with Crippen LogP contribution < -0.4 is 5.73 Å². The molecule has 1 fully saturated rings. The first-order chi connectivity index (χ1) is 6.00. The quantitative estimate of drug-likeness (QED) is 0.563. The summed E-state index contributed by atoms with van der Waals surface area (Å²) in [4.78, 5) is 21.1. The first kappa shape index (κ1) is 9.98. The number of hydrogen-bond donors (Lipinski definition) is 3. The van der Waals surface area contributed by atoms with Crippen molar-refractivity contribution in [1.82, 2.24) is 0 Å². The summed E-state index contributed by atoms with van der Waals surface area (Å²) in [5.74, 6) is -3.07. The van der Waals surface area contributed by atoms with Gasteiger partial charge in [0, 0.05) is 5.92 Å². The molecule has 0 bridgehead atoms. The lowest BCUT2D eigenvalue weighted by molar-refractivity contribution is -0.140. The monoisotopic (exact) mass is 187 g/mol. The Morgan fingerprint density at radius 1 is 1.46 bits per heavy atom. The van der Waals surface area contributed by atoms with E-state index in [1.807, 2.05) is 6.92 Å². The largest absolute Gasteiger partial charge is 0.481 e. The van der Waals surface area contributed by atoms with Gasteiger partial charge in [0.25, 0.3) is 0 Å². The van der Waals surface area contributed by atoms with Crippen molar-refractivity contribution in [3.05, 3.63) is 0 Å². The SMILES string of the molecule is CC[C@@H]1[C@H](C(=O)O)[C@H]1C(N)C(=O)O. The second-order valence-electron chi connectivity index (χ2n) is 3.38. The van der Waals surface area contributed by atoms with Crippen LogP contribution in [0.3, 0.4) is 0 Å². The predicted octanol–water partition coefficient (Wildman–Crippen LogP) is -0.245. The molecular formula is C8H13NO4. The third-order valence-corrected chi connectivity index (χ3v) is 2.69. The second kappa shape index (κ2) is 3.33. The predicted molar refractivity (Wildman–Crippen MR) is 44.0 cm³/mol. The fraction of sp³-hybridized carbons (Fsp3) is 0.750. The zero-order valence-electron chi connectivity index (χ0n) is 7.30. The maximum atomic E-state index is 10.6. The van der Waals surface area contributed by atoms with Crippen LogP contribution >= 0.6 is 0 Å². The molecule has 0 amide bonds. The lowest BCUT2D eigenvalue weighted by Gasteiger charge is -2.03. The summed E-state index contributed by atoms with van der Waals surface area (Å²) in [6.07, 6.45) is 0.669. The van der Waals surface area contributed by atoms with Crippen molar-refractivity contribution in [3.8, 4) is 0 Å². The van der Waals surface area contributed by atoms with Gasteiger partial charge < -0.3 is 15.9 Å². The highest BCUT2D eigenvalue weighted by molar-refractivity contribution is 5.80. The average Bonchev–Trinajstić information content (AvgIpc) is 2.76. The van der Waals surface area contributed by atoms with Gasteiger partial charge in [-0.05, 0) is 5.92 Å². The maximum absolute atomic E-state index is 10.6. The van der Waals surface area contributed by atoms with Crippen LogP contribution in [0.4, 0.5) is 0 Å². The lowest BCUT2D eigenvalue weighted by Crippen LogP contribution is -2.34. The maximum Gasteiger partial charge on any atom is 0.320 e. The van der Waals surface area contributed by atoms with Crippen molar-refractivity contribution in [1.29, 1.82) is 0 Å². The molecule has 0 aromatic rings. The molecule has 13 heavy (non-hydrogen) atoms. The molecule has 0 spiro atoms. The van der Waals surface area contributed by atoms with Crippen LogP contribution in [-0.4, -0.2) is 28.2 Å². The summed E-state index contributed by atoms with van der Waals surface area (Å²) in [7, 11) is 0. The summed E-state index contributed by atoms with van der Waals surface area (Å²) in [5.41, 5.74) is 5.35. The molecule has 1 aliphatic carbocycles. The minimum atomic E-state index is -1.12. The zero-order chi connectivity index (χ0) is 10.2. The van der Waals surface area contributed by atoms with Crippen LogP contribution in [0.1, 0.15) is 13.3 Å². The summed E-state index contributed by atoms with van der Waals surface area (Å²) < 4.78 is 0. The fourth-order valence-electron chi connectivity index (χ4n) is 1.93. The number of nitrogens with two attached hydrogens (primary N) is 1. The molecule has 0 aliphatic heterocycles. The van der Waals surface area contributed by atoms with E-state index in [4.69, 9.17) is 15.9 Å². The summed E-state index contributed by atoms with van der Waals surface area (Å²) in [6, 6.07) is -1.04. The molecule has 1 rings (SSSR count). The van der Waals surface area contributed by atoms with Gasteiger partial charge in [0.05, 0.1) is 5.92 Å². The van der Waals surface area contributed by atoms with E-state index in [-0.39, 0.29) is 11.8 Å². The first-order valence-electron chi connectivity index (χ1n) is 4.21. The third kappa shape index (κ3) is 1.65. The van der Waals surface area contributed by atoms with E-state index < -0.39 is 23.9 Å². The number of aliphatic carboxylic acids is 2. The van der Waals surface area contributed by atoms with Gasteiger partial charge in [0.15, 0.2) is 0 Å². The van der Waals surface area contributed by atoms with E-state index in [0.717, 1.165) is 0 Å². The van der Waals surface area contributed by atoms with E-state index in [2.05, 4.69) is 0 Å². The molecule has 1 aliphatic rings. The normalized spacial score (nSPS) is 33.8. The Kier molecular flexibility index (Phi) is 2.56. The molecule has 0 aromatic carbocycles. The van der Waals surface area contributed by atoms with Crippen molar-refractivity contribution < 1.29 is 19.8 Å². The van der Waals surface area contributed by atoms with Gasteiger partial charge >= 0.3 is 11.9 Å². The molecule has 0 heterocycles. The Balaban J connectivity index is 2.63. The molecule has 74 valence electrons. The summed E-state index contributed by atoms with van der Waals surface area (Å²) >= 11 is 0. The minimum absolute atomic E-state index is 0.0661. The molecule has 0 aromatic heterocycles. The van der Waals surface area contributed by atoms with E-state index in [0.29, 0.717) is 6.42 Å². The number of carboxylic acids is 2.